The van der Waals surface area contributed by atoms with Crippen LogP contribution >= 0.6 is 0 Å². The van der Waals surface area contributed by atoms with Crippen molar-refractivity contribution >= 4 is 6.29 Å². The van der Waals surface area contributed by atoms with Crippen molar-refractivity contribution in [3.8, 4) is 0 Å². The molecule has 1 N–H and O–H groups in total. The molecule has 1 atom stereocenters. The van der Waals surface area contributed by atoms with Gasteiger partial charge in [-0.2, -0.15) is 0 Å². The molecule has 0 aliphatic rings. The molecule has 0 fully saturated rings. The van der Waals surface area contributed by atoms with E-state index in [0.717, 1.165) is 49.8 Å². The highest BCUT2D eigenvalue weighted by atomic mass is 16.5. The van der Waals surface area contributed by atoms with Crippen molar-refractivity contribution < 1.29 is 9.53 Å². The summed E-state index contributed by atoms with van der Waals surface area (Å²) in [7, 11) is 4.44. The molecule has 0 aromatic rings. The summed E-state index contributed by atoms with van der Waals surface area (Å²) in [5.41, 5.74) is 0. The lowest BCUT2D eigenvalue weighted by Gasteiger charge is -2.28. The molecule has 0 bridgehead atoms. The van der Waals surface area contributed by atoms with Crippen LogP contribution in [-0.2, 0) is 9.53 Å². The molecule has 0 rings (SSSR count). The molecule has 0 aliphatic carbocycles. The Balaban J connectivity index is -0.000000615. The fourth-order valence-electron chi connectivity index (χ4n) is 8.99. The monoisotopic (exact) mass is 947 g/mol. The zero-order valence-corrected chi connectivity index (χ0v) is 48.4. The van der Waals surface area contributed by atoms with E-state index in [2.05, 4.69) is 85.9 Å². The van der Waals surface area contributed by atoms with E-state index in [9.17, 15) is 4.79 Å². The van der Waals surface area contributed by atoms with Gasteiger partial charge in [-0.15, -0.1) is 6.58 Å². The Hall–Kier alpha value is -1.13. The van der Waals surface area contributed by atoms with E-state index >= 15 is 0 Å². The first-order valence-corrected chi connectivity index (χ1v) is 30.4. The first-order chi connectivity index (χ1) is 32.7. The number of unbranched alkanes of at least 4 members (excludes halogenated alkanes) is 28. The Morgan fingerprint density at radius 3 is 1.22 bits per heavy atom. The van der Waals surface area contributed by atoms with Gasteiger partial charge in [-0.25, -0.2) is 0 Å². The van der Waals surface area contributed by atoms with E-state index in [-0.39, 0.29) is 0 Å². The molecule has 0 amide bonds. The number of rotatable bonds is 50. The zero-order chi connectivity index (χ0) is 50.5. The van der Waals surface area contributed by atoms with Gasteiger partial charge >= 0.3 is 0 Å². The lowest BCUT2D eigenvalue weighted by Crippen LogP contribution is -2.33. The second-order valence-corrected chi connectivity index (χ2v) is 20.7. The molecule has 67 heavy (non-hydrogen) atoms. The lowest BCUT2D eigenvalue weighted by atomic mass is 9.96. The second-order valence-electron chi connectivity index (χ2n) is 20.7. The lowest BCUT2D eigenvalue weighted by molar-refractivity contribution is -0.107. The van der Waals surface area contributed by atoms with E-state index in [1.54, 1.807) is 6.08 Å². The van der Waals surface area contributed by atoms with Gasteiger partial charge in [0.1, 0.15) is 6.29 Å². The molecule has 404 valence electrons. The fraction of sp³-hybridized carbons (Fsp3) is 0.921. The van der Waals surface area contributed by atoms with Gasteiger partial charge in [0.2, 0.25) is 0 Å². The molecule has 0 aromatic carbocycles. The quantitative estimate of drug-likeness (QED) is 0.0286. The van der Waals surface area contributed by atoms with Gasteiger partial charge in [0.05, 0.1) is 11.9 Å². The Labute approximate surface area is 426 Å². The van der Waals surface area contributed by atoms with Crippen LogP contribution in [-0.4, -0.2) is 50.5 Å². The minimum Gasteiger partial charge on any atom is -0.495 e. The Morgan fingerprint density at radius 1 is 0.507 bits per heavy atom. The third kappa shape index (κ3) is 67.0. The van der Waals surface area contributed by atoms with E-state index < -0.39 is 0 Å². The Morgan fingerprint density at radius 2 is 0.836 bits per heavy atom. The van der Waals surface area contributed by atoms with Crippen molar-refractivity contribution in [1.29, 1.82) is 0 Å². The minimum atomic E-state index is 0.404. The van der Waals surface area contributed by atoms with Crippen molar-refractivity contribution in [2.24, 2.45) is 5.92 Å². The maximum Gasteiger partial charge on any atom is 0.119 e. The van der Waals surface area contributed by atoms with Crippen LogP contribution in [0, 0.1) is 5.92 Å². The van der Waals surface area contributed by atoms with Crippen molar-refractivity contribution in [3.63, 3.8) is 0 Å². The van der Waals surface area contributed by atoms with Crippen LogP contribution < -0.4 is 5.32 Å². The third-order valence-electron chi connectivity index (χ3n) is 13.6. The maximum absolute atomic E-state index is 9.84. The number of nitrogens with zero attached hydrogens (tertiary/aromatic N) is 1. The van der Waals surface area contributed by atoms with E-state index in [1.165, 1.54) is 263 Å². The predicted molar refractivity (Wildman–Crippen MR) is 308 cm³/mol. The summed E-state index contributed by atoms with van der Waals surface area (Å²) in [6.07, 6.45) is 60.7. The standard InChI is InChI=1S/C38H78N2O.C14H30.C8H16O.C3H6/c1-7-10-13-16-17-21-24-30-37(40(6)35-28-34-39-5)31-25-22-19-18-20-23-29-36(4)41-38(32-26-14-11-8-2)33-27-15-12-9-3;1-4-6-8-10-12-14(3)13-11-9-7-5-2;1-2-3-4-5-6-7-8-9;1-3-2/h37-39H,4,7-35H2,1-3,5-6H3;14H,4-13H2,1-3H3;8H,2-7H2,1H3;3H,1H2,2H3. The van der Waals surface area contributed by atoms with Gasteiger partial charge < -0.3 is 19.7 Å². The maximum atomic E-state index is 9.84. The third-order valence-corrected chi connectivity index (χ3v) is 13.6. The second kappa shape index (κ2) is 67.0. The van der Waals surface area contributed by atoms with Gasteiger partial charge in [-0.05, 0) is 97.8 Å². The van der Waals surface area contributed by atoms with Gasteiger partial charge in [0.15, 0.2) is 0 Å². The average molecular weight is 948 g/mol. The van der Waals surface area contributed by atoms with Crippen LogP contribution in [0.4, 0.5) is 0 Å². The molecule has 4 nitrogen and oxygen atoms in total. The molecule has 1 unspecified atom stereocenters. The summed E-state index contributed by atoms with van der Waals surface area (Å²) < 4.78 is 6.40. The van der Waals surface area contributed by atoms with E-state index in [4.69, 9.17) is 4.74 Å². The van der Waals surface area contributed by atoms with Crippen LogP contribution in [0.25, 0.3) is 0 Å². The molecular weight excluding hydrogens is 817 g/mol. The number of hydrogen-bond acceptors (Lipinski definition) is 4. The van der Waals surface area contributed by atoms with Gasteiger partial charge in [0, 0.05) is 18.9 Å². The van der Waals surface area contributed by atoms with E-state index in [0.29, 0.717) is 6.10 Å². The summed E-state index contributed by atoms with van der Waals surface area (Å²) in [5.74, 6) is 2.03. The fourth-order valence-corrected chi connectivity index (χ4v) is 8.99. The van der Waals surface area contributed by atoms with Crippen LogP contribution in [0.15, 0.2) is 25.0 Å². The first-order valence-electron chi connectivity index (χ1n) is 30.4. The molecule has 0 spiro atoms. The summed E-state index contributed by atoms with van der Waals surface area (Å²) in [4.78, 5) is 12.5. The predicted octanol–water partition coefficient (Wildman–Crippen LogP) is 21.3. The van der Waals surface area contributed by atoms with Crippen molar-refractivity contribution in [2.45, 2.75) is 344 Å². The molecule has 0 radical (unpaired) electrons. The molecule has 0 aliphatic heterocycles. The highest BCUT2D eigenvalue weighted by Gasteiger charge is 2.14. The molecule has 0 saturated carbocycles. The summed E-state index contributed by atoms with van der Waals surface area (Å²) in [6.45, 7) is 28.0. The zero-order valence-electron chi connectivity index (χ0n) is 48.4. The van der Waals surface area contributed by atoms with Gasteiger partial charge in [-0.1, -0.05) is 267 Å². The SMILES string of the molecule is C=C(CCCCCCCCC(CCCCCCCCC)N(C)CCCNC)OC(CCCCCC)CCCCCC.C=CC.CCCCCCC(C)CCCCCC.CCCCCCCC=O. The number of ether oxygens (including phenoxy) is 1. The normalized spacial score (nSPS) is 11.4. The van der Waals surface area contributed by atoms with Crippen LogP contribution in [0.3, 0.4) is 0 Å². The highest BCUT2D eigenvalue weighted by Crippen LogP contribution is 2.22. The summed E-state index contributed by atoms with van der Waals surface area (Å²) >= 11 is 0. The smallest absolute Gasteiger partial charge is 0.119 e. The highest BCUT2D eigenvalue weighted by molar-refractivity contribution is 5.48. The summed E-state index contributed by atoms with van der Waals surface area (Å²) in [6, 6.07) is 0.778. The molecule has 0 aromatic heterocycles. The molecular formula is C63H130N2O2. The van der Waals surface area contributed by atoms with E-state index in [1.807, 2.05) is 6.92 Å². The number of allylic oxidation sites excluding steroid dienone is 2. The number of aldehydes is 1. The number of hydrogen-bond donors (Lipinski definition) is 1. The van der Waals surface area contributed by atoms with Crippen molar-refractivity contribution in [3.05, 3.63) is 25.0 Å². The largest absolute Gasteiger partial charge is 0.495 e. The topological polar surface area (TPSA) is 41.6 Å². The van der Waals surface area contributed by atoms with Crippen molar-refractivity contribution in [2.75, 3.05) is 27.2 Å². The van der Waals surface area contributed by atoms with Gasteiger partial charge in [-0.3, -0.25) is 0 Å². The Bertz CT molecular complexity index is 867. The molecule has 4 heteroatoms. The Kier molecular flexibility index (Phi) is 72.4. The minimum absolute atomic E-state index is 0.404. The molecule has 0 heterocycles. The average Bonchev–Trinajstić information content (AvgIpc) is 3.32. The molecule has 0 saturated heterocycles. The van der Waals surface area contributed by atoms with Crippen LogP contribution in [0.1, 0.15) is 331 Å². The van der Waals surface area contributed by atoms with Crippen LogP contribution in [0.5, 0.6) is 0 Å². The number of carbonyl (C=O) groups excluding carboxylic acids is 1. The summed E-state index contributed by atoms with van der Waals surface area (Å²) in [5, 5.41) is 3.32. The number of nitrogens with one attached hydrogen (secondary N) is 1. The van der Waals surface area contributed by atoms with Crippen molar-refractivity contribution in [1.82, 2.24) is 10.2 Å². The van der Waals surface area contributed by atoms with Crippen LogP contribution in [0.2, 0.25) is 0 Å². The number of carbonyl (C=O) groups is 1. The van der Waals surface area contributed by atoms with Gasteiger partial charge in [0.25, 0.3) is 0 Å². The first kappa shape index (κ1) is 72.4.